The summed E-state index contributed by atoms with van der Waals surface area (Å²) in [6.45, 7) is 6.17. The molecule has 0 N–H and O–H groups in total. The average molecular weight is 285 g/mol. The molecular formula is C17H23N3O. The molecule has 0 aliphatic carbocycles. The van der Waals surface area contributed by atoms with E-state index in [1.54, 1.807) is 23.7 Å². The van der Waals surface area contributed by atoms with Crippen LogP contribution in [0.2, 0.25) is 0 Å². The van der Waals surface area contributed by atoms with Gasteiger partial charge in [-0.1, -0.05) is 44.2 Å². The van der Waals surface area contributed by atoms with Crippen LogP contribution in [0.3, 0.4) is 0 Å². The van der Waals surface area contributed by atoms with Gasteiger partial charge in [0.25, 0.3) is 0 Å². The van der Waals surface area contributed by atoms with E-state index < -0.39 is 0 Å². The van der Waals surface area contributed by atoms with Gasteiger partial charge in [-0.15, -0.1) is 0 Å². The lowest BCUT2D eigenvalue weighted by molar-refractivity contribution is -0.131. The van der Waals surface area contributed by atoms with Crippen LogP contribution in [-0.2, 0) is 4.79 Å². The molecule has 1 unspecified atom stereocenters. The zero-order valence-corrected chi connectivity index (χ0v) is 13.4. The van der Waals surface area contributed by atoms with E-state index in [4.69, 9.17) is 0 Å². The van der Waals surface area contributed by atoms with Gasteiger partial charge < -0.3 is 4.90 Å². The van der Waals surface area contributed by atoms with E-state index in [0.29, 0.717) is 5.92 Å². The fourth-order valence-electron chi connectivity index (χ4n) is 2.33. The maximum atomic E-state index is 12.1. The van der Waals surface area contributed by atoms with Gasteiger partial charge >= 0.3 is 0 Å². The number of nitrogens with zero attached hydrogens (tertiary/aromatic N) is 3. The van der Waals surface area contributed by atoms with Crippen LogP contribution in [0.4, 0.5) is 0 Å². The number of aromatic nitrogens is 2. The summed E-state index contributed by atoms with van der Waals surface area (Å²) in [5, 5.41) is 4.67. The van der Waals surface area contributed by atoms with Crippen molar-refractivity contribution in [3.8, 4) is 11.3 Å². The van der Waals surface area contributed by atoms with E-state index >= 15 is 0 Å². The third kappa shape index (κ3) is 3.15. The van der Waals surface area contributed by atoms with Crippen molar-refractivity contribution >= 4 is 5.91 Å². The number of carbonyl (C=O) groups excluding carboxylic acids is 1. The Balaban J connectivity index is 2.45. The van der Waals surface area contributed by atoms with E-state index in [-0.39, 0.29) is 11.9 Å². The summed E-state index contributed by atoms with van der Waals surface area (Å²) in [6.07, 6.45) is 2.00. The first kappa shape index (κ1) is 15.3. The summed E-state index contributed by atoms with van der Waals surface area (Å²) in [5.74, 6) is 0.406. The van der Waals surface area contributed by atoms with Gasteiger partial charge in [0.1, 0.15) is 6.04 Å². The molecule has 1 heterocycles. The van der Waals surface area contributed by atoms with Crippen molar-refractivity contribution < 1.29 is 4.79 Å². The second-order valence-electron chi connectivity index (χ2n) is 5.84. The van der Waals surface area contributed by atoms with Crippen molar-refractivity contribution in [1.29, 1.82) is 0 Å². The zero-order chi connectivity index (χ0) is 15.6. The smallest absolute Gasteiger partial charge is 0.246 e. The highest BCUT2D eigenvalue weighted by Gasteiger charge is 2.21. The number of hydrogen-bond donors (Lipinski definition) is 0. The molecule has 4 nitrogen and oxygen atoms in total. The van der Waals surface area contributed by atoms with Gasteiger partial charge in [0.15, 0.2) is 0 Å². The Hall–Kier alpha value is -2.10. The highest BCUT2D eigenvalue weighted by molar-refractivity contribution is 5.79. The largest absolute Gasteiger partial charge is 0.347 e. The minimum Gasteiger partial charge on any atom is -0.347 e. The quantitative estimate of drug-likeness (QED) is 0.864. The molecule has 0 radical (unpaired) electrons. The lowest BCUT2D eigenvalue weighted by atomic mass is 10.00. The van der Waals surface area contributed by atoms with Gasteiger partial charge in [0, 0.05) is 31.4 Å². The Morgan fingerprint density at radius 1 is 1.14 bits per heavy atom. The van der Waals surface area contributed by atoms with E-state index in [9.17, 15) is 4.79 Å². The summed E-state index contributed by atoms with van der Waals surface area (Å²) >= 11 is 0. The van der Waals surface area contributed by atoms with Gasteiger partial charge in [0.2, 0.25) is 5.91 Å². The number of carbonyl (C=O) groups is 1. The molecule has 0 saturated carbocycles. The van der Waals surface area contributed by atoms with Crippen LogP contribution in [0.5, 0.6) is 0 Å². The highest BCUT2D eigenvalue weighted by Crippen LogP contribution is 2.29. The molecule has 1 amide bonds. The van der Waals surface area contributed by atoms with Gasteiger partial charge in [-0.2, -0.15) is 5.10 Å². The zero-order valence-electron chi connectivity index (χ0n) is 13.4. The SMILES string of the molecule is CC(C)c1cn(C(C)C(=O)N(C)C)nc1-c1ccccc1. The molecule has 0 bridgehead atoms. The summed E-state index contributed by atoms with van der Waals surface area (Å²) in [5.41, 5.74) is 3.22. The fourth-order valence-corrected chi connectivity index (χ4v) is 2.33. The lowest BCUT2D eigenvalue weighted by Crippen LogP contribution is -2.30. The minimum atomic E-state index is -0.296. The van der Waals surface area contributed by atoms with Crippen LogP contribution in [-0.4, -0.2) is 34.7 Å². The molecule has 21 heavy (non-hydrogen) atoms. The molecule has 0 spiro atoms. The Kier molecular flexibility index (Phi) is 4.46. The maximum absolute atomic E-state index is 12.1. The van der Waals surface area contributed by atoms with Crippen molar-refractivity contribution in [2.24, 2.45) is 0 Å². The van der Waals surface area contributed by atoms with Crippen LogP contribution < -0.4 is 0 Å². The molecule has 0 aliphatic heterocycles. The van der Waals surface area contributed by atoms with Crippen LogP contribution in [0.15, 0.2) is 36.5 Å². The molecule has 2 rings (SSSR count). The summed E-state index contributed by atoms with van der Waals surface area (Å²) in [7, 11) is 3.54. The Labute approximate surface area is 126 Å². The van der Waals surface area contributed by atoms with E-state index in [2.05, 4.69) is 31.1 Å². The normalized spacial score (nSPS) is 12.5. The van der Waals surface area contributed by atoms with E-state index in [1.165, 1.54) is 5.56 Å². The molecule has 0 saturated heterocycles. The van der Waals surface area contributed by atoms with Gasteiger partial charge in [-0.25, -0.2) is 0 Å². The van der Waals surface area contributed by atoms with E-state index in [1.807, 2.05) is 31.3 Å². The fraction of sp³-hybridized carbons (Fsp3) is 0.412. The van der Waals surface area contributed by atoms with Crippen LogP contribution in [0.25, 0.3) is 11.3 Å². The number of amides is 1. The maximum Gasteiger partial charge on any atom is 0.246 e. The van der Waals surface area contributed by atoms with Crippen molar-refractivity contribution in [2.75, 3.05) is 14.1 Å². The number of hydrogen-bond acceptors (Lipinski definition) is 2. The standard InChI is InChI=1S/C17H23N3O/c1-12(2)15-11-20(13(3)17(21)19(4)5)18-16(15)14-9-7-6-8-10-14/h6-13H,1-5H3. The third-order valence-electron chi connectivity index (χ3n) is 3.62. The molecule has 1 atom stereocenters. The van der Waals surface area contributed by atoms with Crippen LogP contribution >= 0.6 is 0 Å². The molecule has 112 valence electrons. The predicted molar refractivity (Wildman–Crippen MR) is 85.2 cm³/mol. The van der Waals surface area contributed by atoms with Crippen molar-refractivity contribution in [3.05, 3.63) is 42.1 Å². The summed E-state index contributed by atoms with van der Waals surface area (Å²) < 4.78 is 1.78. The molecule has 0 fully saturated rings. The number of likely N-dealkylation sites (N-methyl/N-ethyl adjacent to an activating group) is 1. The topological polar surface area (TPSA) is 38.1 Å². The molecule has 2 aromatic rings. The number of rotatable bonds is 4. The molecule has 4 heteroatoms. The highest BCUT2D eigenvalue weighted by atomic mass is 16.2. The van der Waals surface area contributed by atoms with Crippen LogP contribution in [0.1, 0.15) is 38.3 Å². The summed E-state index contributed by atoms with van der Waals surface area (Å²) in [6, 6.07) is 9.82. The Bertz CT molecular complexity index is 614. The molecule has 0 aliphatic rings. The monoisotopic (exact) mass is 285 g/mol. The molecule has 1 aromatic heterocycles. The Morgan fingerprint density at radius 3 is 2.29 bits per heavy atom. The van der Waals surface area contributed by atoms with E-state index in [0.717, 1.165) is 11.3 Å². The first-order valence-electron chi connectivity index (χ1n) is 7.27. The summed E-state index contributed by atoms with van der Waals surface area (Å²) in [4.78, 5) is 13.7. The number of benzene rings is 1. The van der Waals surface area contributed by atoms with Gasteiger partial charge in [-0.3, -0.25) is 9.48 Å². The first-order valence-corrected chi connectivity index (χ1v) is 7.27. The second kappa shape index (κ2) is 6.12. The van der Waals surface area contributed by atoms with Crippen LogP contribution in [0, 0.1) is 0 Å². The first-order chi connectivity index (χ1) is 9.91. The Morgan fingerprint density at radius 2 is 1.76 bits per heavy atom. The van der Waals surface area contributed by atoms with Crippen molar-refractivity contribution in [2.45, 2.75) is 32.7 Å². The third-order valence-corrected chi connectivity index (χ3v) is 3.62. The second-order valence-corrected chi connectivity index (χ2v) is 5.84. The molecular weight excluding hydrogens is 262 g/mol. The molecule has 1 aromatic carbocycles. The van der Waals surface area contributed by atoms with Crippen molar-refractivity contribution in [3.63, 3.8) is 0 Å². The van der Waals surface area contributed by atoms with Crippen molar-refractivity contribution in [1.82, 2.24) is 14.7 Å². The van der Waals surface area contributed by atoms with Gasteiger partial charge in [0.05, 0.1) is 5.69 Å². The minimum absolute atomic E-state index is 0.0485. The lowest BCUT2D eigenvalue weighted by Gasteiger charge is -2.16. The predicted octanol–water partition coefficient (Wildman–Crippen LogP) is 3.32. The average Bonchev–Trinajstić information content (AvgIpc) is 2.91. The van der Waals surface area contributed by atoms with Gasteiger partial charge in [-0.05, 0) is 12.8 Å².